The van der Waals surface area contributed by atoms with Crippen LogP contribution in [0.1, 0.15) is 11.8 Å². The molecular weight excluding hydrogens is 290 g/mol. The lowest BCUT2D eigenvalue weighted by Gasteiger charge is -2.34. The van der Waals surface area contributed by atoms with Gasteiger partial charge in [-0.2, -0.15) is 11.8 Å². The molecule has 0 radical (unpaired) electrons. The SMILES string of the molecule is CCS(=O)(=O)C1CSCCN1Cc1cnc(N)s1. The van der Waals surface area contributed by atoms with Crippen LogP contribution >= 0.6 is 23.1 Å². The van der Waals surface area contributed by atoms with E-state index in [1.165, 1.54) is 11.3 Å². The molecule has 1 unspecified atom stereocenters. The van der Waals surface area contributed by atoms with Gasteiger partial charge in [0.2, 0.25) is 0 Å². The van der Waals surface area contributed by atoms with Crippen molar-refractivity contribution in [1.82, 2.24) is 9.88 Å². The highest BCUT2D eigenvalue weighted by atomic mass is 32.2. The lowest BCUT2D eigenvalue weighted by molar-refractivity contribution is 0.264. The number of anilines is 1. The Bertz CT molecular complexity index is 500. The maximum Gasteiger partial charge on any atom is 0.180 e. The van der Waals surface area contributed by atoms with E-state index < -0.39 is 9.84 Å². The summed E-state index contributed by atoms with van der Waals surface area (Å²) >= 11 is 3.13. The molecule has 0 spiro atoms. The van der Waals surface area contributed by atoms with E-state index in [0.717, 1.165) is 17.2 Å². The fraction of sp³-hybridized carbons (Fsp3) is 0.700. The van der Waals surface area contributed by atoms with Crippen LogP contribution in [0.4, 0.5) is 5.13 Å². The molecular formula is C10H17N3O2S3. The molecule has 5 nitrogen and oxygen atoms in total. The predicted octanol–water partition coefficient (Wildman–Crippen LogP) is 1.03. The standard InChI is InChI=1S/C10H17N3O2S3/c1-2-18(14,15)9-7-16-4-3-13(9)6-8-5-12-10(11)17-8/h5,9H,2-4,6-7H2,1H3,(H2,11,12). The van der Waals surface area contributed by atoms with Gasteiger partial charge in [-0.3, -0.25) is 4.90 Å². The van der Waals surface area contributed by atoms with Crippen molar-refractivity contribution in [3.8, 4) is 0 Å². The lowest BCUT2D eigenvalue weighted by Crippen LogP contribution is -2.47. The number of nitrogens with two attached hydrogens (primary N) is 1. The summed E-state index contributed by atoms with van der Waals surface area (Å²) < 4.78 is 24.1. The molecule has 18 heavy (non-hydrogen) atoms. The van der Waals surface area contributed by atoms with Crippen molar-refractivity contribution in [2.75, 3.05) is 29.5 Å². The zero-order valence-electron chi connectivity index (χ0n) is 10.2. The number of thiazole rings is 1. The average Bonchev–Trinajstić information content (AvgIpc) is 2.75. The molecule has 0 saturated carbocycles. The number of hydrogen-bond acceptors (Lipinski definition) is 7. The van der Waals surface area contributed by atoms with E-state index in [2.05, 4.69) is 4.98 Å². The third-order valence-electron chi connectivity index (χ3n) is 2.94. The van der Waals surface area contributed by atoms with Crippen LogP contribution in [0.15, 0.2) is 6.20 Å². The molecule has 2 heterocycles. The minimum absolute atomic E-state index is 0.194. The summed E-state index contributed by atoms with van der Waals surface area (Å²) in [4.78, 5) is 7.06. The summed E-state index contributed by atoms with van der Waals surface area (Å²) in [5, 5.41) is 0.163. The summed E-state index contributed by atoms with van der Waals surface area (Å²) in [6, 6.07) is 0. The fourth-order valence-electron chi connectivity index (χ4n) is 1.92. The monoisotopic (exact) mass is 307 g/mol. The van der Waals surface area contributed by atoms with Crippen LogP contribution in [-0.2, 0) is 16.4 Å². The number of thioether (sulfide) groups is 1. The first-order valence-corrected chi connectivity index (χ1v) is 9.45. The molecule has 0 amide bonds. The summed E-state index contributed by atoms with van der Waals surface area (Å²) in [6.45, 7) is 3.13. The van der Waals surface area contributed by atoms with Gasteiger partial charge in [0.25, 0.3) is 0 Å². The first-order valence-electron chi connectivity index (χ1n) is 5.76. The Labute approximate surface area is 116 Å². The second-order valence-corrected chi connectivity index (χ2v) is 8.86. The summed E-state index contributed by atoms with van der Waals surface area (Å²) in [5.74, 6) is 1.83. The van der Waals surface area contributed by atoms with E-state index in [1.54, 1.807) is 24.9 Å². The van der Waals surface area contributed by atoms with E-state index in [9.17, 15) is 8.42 Å². The molecule has 1 aliphatic rings. The van der Waals surface area contributed by atoms with E-state index >= 15 is 0 Å². The Morgan fingerprint density at radius 2 is 2.39 bits per heavy atom. The second kappa shape index (κ2) is 5.77. The van der Waals surface area contributed by atoms with Crippen molar-refractivity contribution in [2.45, 2.75) is 18.8 Å². The van der Waals surface area contributed by atoms with Crippen molar-refractivity contribution in [3.05, 3.63) is 11.1 Å². The highest BCUT2D eigenvalue weighted by Gasteiger charge is 2.32. The molecule has 2 rings (SSSR count). The molecule has 0 bridgehead atoms. The molecule has 1 atom stereocenters. The number of nitrogen functional groups attached to an aromatic ring is 1. The maximum absolute atomic E-state index is 12.1. The Balaban J connectivity index is 2.13. The van der Waals surface area contributed by atoms with Gasteiger partial charge < -0.3 is 5.73 Å². The van der Waals surface area contributed by atoms with Crippen LogP contribution in [0, 0.1) is 0 Å². The molecule has 2 N–H and O–H groups in total. The summed E-state index contributed by atoms with van der Waals surface area (Å²) in [6.07, 6.45) is 1.73. The first kappa shape index (κ1) is 14.1. The van der Waals surface area contributed by atoms with Crippen LogP contribution < -0.4 is 5.73 Å². The van der Waals surface area contributed by atoms with Crippen molar-refractivity contribution in [1.29, 1.82) is 0 Å². The Morgan fingerprint density at radius 3 is 3.00 bits per heavy atom. The number of rotatable bonds is 4. The van der Waals surface area contributed by atoms with Crippen LogP contribution in [0.2, 0.25) is 0 Å². The normalized spacial score (nSPS) is 22.2. The Kier molecular flexibility index (Phi) is 4.52. The third-order valence-corrected chi connectivity index (χ3v) is 7.08. The van der Waals surface area contributed by atoms with Gasteiger partial charge in [0.05, 0.1) is 0 Å². The summed E-state index contributed by atoms with van der Waals surface area (Å²) in [5.41, 5.74) is 5.60. The van der Waals surface area contributed by atoms with Gasteiger partial charge in [0.1, 0.15) is 5.37 Å². The van der Waals surface area contributed by atoms with Crippen molar-refractivity contribution in [3.63, 3.8) is 0 Å². The fourth-order valence-corrected chi connectivity index (χ4v) is 5.70. The molecule has 0 aromatic carbocycles. The summed E-state index contributed by atoms with van der Waals surface area (Å²) in [7, 11) is -3.03. The highest BCUT2D eigenvalue weighted by molar-refractivity contribution is 8.01. The van der Waals surface area contributed by atoms with Crippen LogP contribution in [0.3, 0.4) is 0 Å². The smallest absolute Gasteiger partial charge is 0.180 e. The largest absolute Gasteiger partial charge is 0.375 e. The van der Waals surface area contributed by atoms with Crippen LogP contribution in [0.5, 0.6) is 0 Å². The molecule has 1 aromatic rings. The molecule has 1 aliphatic heterocycles. The topological polar surface area (TPSA) is 76.3 Å². The third kappa shape index (κ3) is 3.17. The molecule has 1 fully saturated rings. The van der Waals surface area contributed by atoms with E-state index in [0.29, 0.717) is 17.4 Å². The van der Waals surface area contributed by atoms with Gasteiger partial charge in [-0.1, -0.05) is 6.92 Å². The molecule has 0 aliphatic carbocycles. The predicted molar refractivity (Wildman–Crippen MR) is 77.5 cm³/mol. The lowest BCUT2D eigenvalue weighted by atomic mass is 10.4. The minimum atomic E-state index is -3.03. The van der Waals surface area contributed by atoms with Gasteiger partial charge in [0, 0.05) is 41.4 Å². The van der Waals surface area contributed by atoms with Crippen molar-refractivity contribution < 1.29 is 8.42 Å². The molecule has 1 saturated heterocycles. The zero-order valence-corrected chi connectivity index (χ0v) is 12.7. The molecule has 1 aromatic heterocycles. The quantitative estimate of drug-likeness (QED) is 0.895. The maximum atomic E-state index is 12.1. The van der Waals surface area contributed by atoms with Crippen molar-refractivity contribution in [2.24, 2.45) is 0 Å². The van der Waals surface area contributed by atoms with Gasteiger partial charge in [0.15, 0.2) is 15.0 Å². The van der Waals surface area contributed by atoms with Crippen LogP contribution in [0.25, 0.3) is 0 Å². The first-order chi connectivity index (χ1) is 8.53. The number of nitrogens with zero attached hydrogens (tertiary/aromatic N) is 2. The number of aromatic nitrogens is 1. The second-order valence-electron chi connectivity index (χ2n) is 4.12. The Morgan fingerprint density at radius 1 is 1.61 bits per heavy atom. The van der Waals surface area contributed by atoms with Gasteiger partial charge in [-0.25, -0.2) is 13.4 Å². The van der Waals surface area contributed by atoms with E-state index in [1.807, 2.05) is 4.90 Å². The van der Waals surface area contributed by atoms with Crippen LogP contribution in [-0.4, -0.2) is 47.5 Å². The van der Waals surface area contributed by atoms with Gasteiger partial charge >= 0.3 is 0 Å². The number of sulfone groups is 1. The van der Waals surface area contributed by atoms with Gasteiger partial charge in [-0.15, -0.1) is 11.3 Å². The van der Waals surface area contributed by atoms with Crippen molar-refractivity contribution >= 4 is 38.1 Å². The molecule has 102 valence electrons. The van der Waals surface area contributed by atoms with E-state index in [4.69, 9.17) is 5.73 Å². The highest BCUT2D eigenvalue weighted by Crippen LogP contribution is 2.25. The minimum Gasteiger partial charge on any atom is -0.375 e. The average molecular weight is 307 g/mol. The Hall–Kier alpha value is -0.310. The zero-order chi connectivity index (χ0) is 13.2. The van der Waals surface area contributed by atoms with Gasteiger partial charge in [-0.05, 0) is 0 Å². The van der Waals surface area contributed by atoms with E-state index in [-0.39, 0.29) is 11.1 Å². The molecule has 8 heteroatoms. The number of hydrogen-bond donors (Lipinski definition) is 1.